The third-order valence-corrected chi connectivity index (χ3v) is 8.30. The SMILES string of the molecule is C[N-]/C(=C\C(=O)C(C)C)C(C)C.Cc1cc2c(c3c1oc1c(-c4[c-]cccc4)nccc13)C(C)(C)CCC2(C)C.[Ir]. The van der Waals surface area contributed by atoms with Crippen LogP contribution in [0.25, 0.3) is 38.5 Å². The van der Waals surface area contributed by atoms with Gasteiger partial charge in [0.1, 0.15) is 11.2 Å². The molecule has 0 fully saturated rings. The molecule has 2 aromatic heterocycles. The Kier molecular flexibility index (Phi) is 10.1. The van der Waals surface area contributed by atoms with Gasteiger partial charge in [-0.15, -0.1) is 42.9 Å². The molecule has 0 amide bonds. The van der Waals surface area contributed by atoms with E-state index >= 15 is 0 Å². The third-order valence-electron chi connectivity index (χ3n) is 8.30. The number of pyridine rings is 1. The number of hydrogen-bond acceptors (Lipinski definition) is 3. The minimum atomic E-state index is 0. The van der Waals surface area contributed by atoms with Gasteiger partial charge in [-0.3, -0.25) is 4.79 Å². The fourth-order valence-electron chi connectivity index (χ4n) is 5.69. The number of carbonyl (C=O) groups excluding carboxylic acids is 1. The minimum absolute atomic E-state index is 0. The van der Waals surface area contributed by atoms with Gasteiger partial charge >= 0.3 is 0 Å². The number of nitrogens with zero attached hydrogens (tertiary/aromatic N) is 2. The van der Waals surface area contributed by atoms with Gasteiger partial charge in [0.15, 0.2) is 5.78 Å². The monoisotopic (exact) mass is 729 g/mol. The number of hydrogen-bond donors (Lipinski definition) is 0. The molecule has 1 aliphatic carbocycles. The Morgan fingerprint density at radius 2 is 1.71 bits per heavy atom. The third kappa shape index (κ3) is 6.52. The maximum atomic E-state index is 11.3. The van der Waals surface area contributed by atoms with Crippen LogP contribution in [0.15, 0.2) is 58.8 Å². The summed E-state index contributed by atoms with van der Waals surface area (Å²) in [4.78, 5) is 15.9. The Morgan fingerprint density at radius 1 is 1.02 bits per heavy atom. The van der Waals surface area contributed by atoms with Gasteiger partial charge in [0.2, 0.25) is 0 Å². The molecular weight excluding hydrogens is 685 g/mol. The summed E-state index contributed by atoms with van der Waals surface area (Å²) in [6.45, 7) is 19.5. The number of aryl methyl sites for hydroxylation is 1. The van der Waals surface area contributed by atoms with Gasteiger partial charge in [-0.1, -0.05) is 61.5 Å². The van der Waals surface area contributed by atoms with Crippen molar-refractivity contribution in [3.8, 4) is 11.3 Å². The van der Waals surface area contributed by atoms with Crippen LogP contribution in [-0.2, 0) is 35.7 Å². The van der Waals surface area contributed by atoms with Crippen molar-refractivity contribution in [3.05, 3.63) is 82.4 Å². The van der Waals surface area contributed by atoms with E-state index in [0.717, 1.165) is 28.1 Å². The van der Waals surface area contributed by atoms with Crippen molar-refractivity contribution in [2.45, 2.75) is 86.0 Å². The Labute approximate surface area is 259 Å². The average Bonchev–Trinajstić information content (AvgIpc) is 3.31. The number of fused-ring (bicyclic) bond motifs is 5. The fraction of sp³-hybridized carbons (Fsp3) is 0.444. The quantitative estimate of drug-likeness (QED) is 0.152. The van der Waals surface area contributed by atoms with E-state index in [9.17, 15) is 4.79 Å². The number of ketones is 1. The van der Waals surface area contributed by atoms with E-state index < -0.39 is 0 Å². The zero-order valence-corrected chi connectivity index (χ0v) is 28.6. The van der Waals surface area contributed by atoms with Crippen LogP contribution in [-0.4, -0.2) is 17.8 Å². The molecule has 2 aromatic carbocycles. The van der Waals surface area contributed by atoms with Crippen LogP contribution in [0.4, 0.5) is 0 Å². The molecule has 0 spiro atoms. The van der Waals surface area contributed by atoms with Gasteiger partial charge < -0.3 is 14.7 Å². The number of aromatic nitrogens is 1. The number of benzene rings is 2. The molecule has 0 N–H and O–H groups in total. The van der Waals surface area contributed by atoms with Crippen molar-refractivity contribution in [3.63, 3.8) is 0 Å². The molecular formula is C36H44IrN2O2-2. The largest absolute Gasteiger partial charge is 0.690 e. The summed E-state index contributed by atoms with van der Waals surface area (Å²) in [5.41, 5.74) is 9.03. The van der Waals surface area contributed by atoms with Crippen molar-refractivity contribution >= 4 is 27.7 Å². The summed E-state index contributed by atoms with van der Waals surface area (Å²) < 4.78 is 6.51. The summed E-state index contributed by atoms with van der Waals surface area (Å²) in [7, 11) is 1.72. The van der Waals surface area contributed by atoms with Gasteiger partial charge in [0.25, 0.3) is 0 Å². The molecule has 4 aromatic rings. The first-order chi connectivity index (χ1) is 18.8. The molecule has 0 unspecified atom stereocenters. The maximum Gasteiger partial charge on any atom is 0.156 e. The van der Waals surface area contributed by atoms with E-state index in [0.29, 0.717) is 5.92 Å². The molecule has 221 valence electrons. The molecule has 0 saturated heterocycles. The summed E-state index contributed by atoms with van der Waals surface area (Å²) in [6, 6.07) is 15.8. The fourth-order valence-corrected chi connectivity index (χ4v) is 5.69. The van der Waals surface area contributed by atoms with Crippen LogP contribution in [0.3, 0.4) is 0 Å². The molecule has 41 heavy (non-hydrogen) atoms. The molecule has 1 aliphatic rings. The Hall–Kier alpha value is -2.75. The number of carbonyl (C=O) groups is 1. The van der Waals surface area contributed by atoms with Crippen molar-refractivity contribution in [2.75, 3.05) is 7.05 Å². The Bertz CT molecular complexity index is 1560. The van der Waals surface area contributed by atoms with Gasteiger partial charge in [-0.05, 0) is 65.3 Å². The Balaban J connectivity index is 0.000000305. The van der Waals surface area contributed by atoms with E-state index in [4.69, 9.17) is 4.42 Å². The zero-order chi connectivity index (χ0) is 29.4. The molecule has 2 heterocycles. The maximum absolute atomic E-state index is 11.3. The topological polar surface area (TPSA) is 57.2 Å². The van der Waals surface area contributed by atoms with Crippen LogP contribution < -0.4 is 0 Å². The zero-order valence-electron chi connectivity index (χ0n) is 26.2. The van der Waals surface area contributed by atoms with Crippen LogP contribution in [0.5, 0.6) is 0 Å². The van der Waals surface area contributed by atoms with Crippen molar-refractivity contribution in [1.29, 1.82) is 0 Å². The first-order valence-corrected chi connectivity index (χ1v) is 14.5. The van der Waals surface area contributed by atoms with Gasteiger partial charge in [0.05, 0.1) is 0 Å². The molecule has 5 rings (SSSR count). The molecule has 1 radical (unpaired) electrons. The van der Waals surface area contributed by atoms with E-state index in [1.54, 1.807) is 13.1 Å². The molecule has 0 atom stereocenters. The van der Waals surface area contributed by atoms with Crippen LogP contribution in [0.2, 0.25) is 0 Å². The van der Waals surface area contributed by atoms with Crippen LogP contribution in [0.1, 0.15) is 84.9 Å². The van der Waals surface area contributed by atoms with E-state index in [1.165, 1.54) is 40.3 Å². The standard InChI is InChI=1S/C26H26NO.C10H19NO.Ir/c1-16-15-19-21(26(4,5)13-12-25(19,2)3)20-18-11-14-27-22(24(18)28-23(16)20)17-9-7-6-8-10-17;1-7(2)9(11-5)6-10(12)8(3)4;/h6-9,11,14-15H,12-13H2,1-5H3;6-8H,1-5H3,(H,11,12);/q-1;;/p-1. The number of furan rings is 1. The van der Waals surface area contributed by atoms with Crippen LogP contribution in [0, 0.1) is 24.8 Å². The summed E-state index contributed by atoms with van der Waals surface area (Å²) in [5, 5.41) is 6.50. The van der Waals surface area contributed by atoms with Gasteiger partial charge in [0, 0.05) is 48.7 Å². The van der Waals surface area contributed by atoms with Crippen molar-refractivity contribution < 1.29 is 29.3 Å². The van der Waals surface area contributed by atoms with E-state index in [1.807, 2.05) is 58.2 Å². The van der Waals surface area contributed by atoms with Gasteiger partial charge in [-0.2, -0.15) is 5.70 Å². The second-order valence-electron chi connectivity index (χ2n) is 13.0. The average molecular weight is 729 g/mol. The smallest absolute Gasteiger partial charge is 0.156 e. The molecule has 0 saturated carbocycles. The number of allylic oxidation sites excluding steroid dienone is 2. The Morgan fingerprint density at radius 3 is 2.29 bits per heavy atom. The molecule has 0 bridgehead atoms. The number of rotatable bonds is 5. The van der Waals surface area contributed by atoms with Crippen molar-refractivity contribution in [1.82, 2.24) is 4.98 Å². The second-order valence-corrected chi connectivity index (χ2v) is 13.0. The molecule has 5 heteroatoms. The van der Waals surface area contributed by atoms with Crippen LogP contribution >= 0.6 is 0 Å². The first kappa shape index (κ1) is 32.8. The predicted octanol–water partition coefficient (Wildman–Crippen LogP) is 9.86. The minimum Gasteiger partial charge on any atom is -0.690 e. The summed E-state index contributed by atoms with van der Waals surface area (Å²) in [5.74, 6) is 0.558. The summed E-state index contributed by atoms with van der Waals surface area (Å²) >= 11 is 0. The van der Waals surface area contributed by atoms with E-state index in [2.05, 4.69) is 63.1 Å². The van der Waals surface area contributed by atoms with Crippen molar-refractivity contribution in [2.24, 2.45) is 11.8 Å². The van der Waals surface area contributed by atoms with Gasteiger partial charge in [-0.25, -0.2) is 0 Å². The normalized spacial score (nSPS) is 15.8. The molecule has 4 nitrogen and oxygen atoms in total. The molecule has 0 aliphatic heterocycles. The van der Waals surface area contributed by atoms with E-state index in [-0.39, 0.29) is 42.6 Å². The first-order valence-electron chi connectivity index (χ1n) is 14.5. The second kappa shape index (κ2) is 12.6. The summed E-state index contributed by atoms with van der Waals surface area (Å²) in [6.07, 6.45) is 5.94. The predicted molar refractivity (Wildman–Crippen MR) is 168 cm³/mol.